The first-order valence-electron chi connectivity index (χ1n) is 12.4. The van der Waals surface area contributed by atoms with E-state index in [1.54, 1.807) is 52.3 Å². The second kappa shape index (κ2) is 9.81. The van der Waals surface area contributed by atoms with Crippen LogP contribution in [0.3, 0.4) is 0 Å². The Balaban J connectivity index is 1.34. The quantitative estimate of drug-likeness (QED) is 0.688. The number of amides is 3. The van der Waals surface area contributed by atoms with Crippen molar-refractivity contribution in [1.82, 2.24) is 15.1 Å². The second-order valence-corrected chi connectivity index (χ2v) is 9.81. The van der Waals surface area contributed by atoms with Gasteiger partial charge in [-0.2, -0.15) is 0 Å². The zero-order chi connectivity index (χ0) is 25.3. The highest BCUT2D eigenvalue weighted by Gasteiger charge is 2.54. The van der Waals surface area contributed by atoms with E-state index in [-0.39, 0.29) is 37.0 Å². The van der Waals surface area contributed by atoms with Gasteiger partial charge in [-0.15, -0.1) is 0 Å². The van der Waals surface area contributed by atoms with Crippen molar-refractivity contribution in [2.45, 2.75) is 38.5 Å². The van der Waals surface area contributed by atoms with E-state index in [0.29, 0.717) is 55.1 Å². The third-order valence-corrected chi connectivity index (χ3v) is 6.94. The lowest BCUT2D eigenvalue weighted by Gasteiger charge is -2.44. The topological polar surface area (TPSA) is 97.4 Å². The van der Waals surface area contributed by atoms with Crippen molar-refractivity contribution < 1.29 is 28.6 Å². The molecule has 2 aromatic carbocycles. The van der Waals surface area contributed by atoms with Gasteiger partial charge in [0.2, 0.25) is 12.7 Å². The molecule has 0 aliphatic carbocycles. The highest BCUT2D eigenvalue weighted by molar-refractivity contribution is 5.98. The van der Waals surface area contributed by atoms with E-state index < -0.39 is 11.8 Å². The van der Waals surface area contributed by atoms with Crippen LogP contribution >= 0.6 is 0 Å². The summed E-state index contributed by atoms with van der Waals surface area (Å²) in [6.45, 7) is 5.62. The smallest absolute Gasteiger partial charge is 0.256 e. The molecule has 3 heterocycles. The molecule has 0 bridgehead atoms. The van der Waals surface area contributed by atoms with Gasteiger partial charge >= 0.3 is 0 Å². The first-order valence-corrected chi connectivity index (χ1v) is 12.4. The minimum absolute atomic E-state index is 0.117. The van der Waals surface area contributed by atoms with Crippen LogP contribution in [-0.2, 0) is 9.53 Å². The molecule has 1 spiro atoms. The number of nitrogens with one attached hydrogen (secondary N) is 1. The molecule has 3 aliphatic rings. The Labute approximate surface area is 210 Å². The molecule has 5 rings (SSSR count). The summed E-state index contributed by atoms with van der Waals surface area (Å²) in [6, 6.07) is 13.4. The Kier molecular flexibility index (Phi) is 6.57. The number of rotatable bonds is 5. The molecule has 0 radical (unpaired) electrons. The van der Waals surface area contributed by atoms with Crippen molar-refractivity contribution in [1.29, 1.82) is 0 Å². The van der Waals surface area contributed by atoms with Crippen LogP contribution in [0, 0.1) is 5.92 Å². The van der Waals surface area contributed by atoms with E-state index in [1.807, 2.05) is 19.9 Å². The van der Waals surface area contributed by atoms with Crippen LogP contribution < -0.4 is 14.8 Å². The summed E-state index contributed by atoms with van der Waals surface area (Å²) in [5.74, 6) is 0.892. The summed E-state index contributed by atoms with van der Waals surface area (Å²) < 4.78 is 17.0. The Hall–Kier alpha value is -3.59. The molecule has 2 aromatic rings. The van der Waals surface area contributed by atoms with Crippen LogP contribution in [0.15, 0.2) is 48.5 Å². The van der Waals surface area contributed by atoms with Gasteiger partial charge in [-0.3, -0.25) is 19.3 Å². The maximum Gasteiger partial charge on any atom is 0.256 e. The standard InChI is InChI=1S/C27H31N3O6/c1-18(2)15-28-24(31)21-16-36-27(30(21)26(33)19-6-4-3-5-7-19)10-12-29(13-11-27)25(32)20-8-9-22-23(14-20)35-17-34-22/h3-9,14,18,21H,10-13,15-17H2,1-2H3,(H,28,31). The predicted octanol–water partition coefficient (Wildman–Crippen LogP) is 2.66. The average Bonchev–Trinajstić information content (AvgIpc) is 3.52. The van der Waals surface area contributed by atoms with Crippen LogP contribution in [0.2, 0.25) is 0 Å². The maximum absolute atomic E-state index is 13.7. The predicted molar refractivity (Wildman–Crippen MR) is 131 cm³/mol. The number of ether oxygens (including phenoxy) is 3. The summed E-state index contributed by atoms with van der Waals surface area (Å²) >= 11 is 0. The average molecular weight is 494 g/mol. The van der Waals surface area contributed by atoms with Gasteiger partial charge in [0.05, 0.1) is 6.61 Å². The van der Waals surface area contributed by atoms with Crippen LogP contribution in [0.4, 0.5) is 0 Å². The van der Waals surface area contributed by atoms with Crippen molar-refractivity contribution in [3.63, 3.8) is 0 Å². The highest BCUT2D eigenvalue weighted by atomic mass is 16.7. The lowest BCUT2D eigenvalue weighted by atomic mass is 9.96. The second-order valence-electron chi connectivity index (χ2n) is 9.81. The molecule has 9 nitrogen and oxygen atoms in total. The van der Waals surface area contributed by atoms with Gasteiger partial charge in [-0.1, -0.05) is 32.0 Å². The fourth-order valence-corrected chi connectivity index (χ4v) is 4.98. The number of piperidine rings is 1. The fourth-order valence-electron chi connectivity index (χ4n) is 4.98. The molecule has 1 N–H and O–H groups in total. The molecular weight excluding hydrogens is 462 g/mol. The summed E-state index contributed by atoms with van der Waals surface area (Å²) in [4.78, 5) is 43.3. The van der Waals surface area contributed by atoms with Gasteiger partial charge in [0.15, 0.2) is 11.5 Å². The Bertz CT molecular complexity index is 1140. The Morgan fingerprint density at radius 1 is 0.972 bits per heavy atom. The van der Waals surface area contributed by atoms with E-state index in [4.69, 9.17) is 14.2 Å². The van der Waals surface area contributed by atoms with Crippen molar-refractivity contribution in [3.8, 4) is 11.5 Å². The molecule has 0 aromatic heterocycles. The molecule has 3 aliphatic heterocycles. The fraction of sp³-hybridized carbons (Fsp3) is 0.444. The maximum atomic E-state index is 13.7. The van der Waals surface area contributed by atoms with Gasteiger partial charge in [0.25, 0.3) is 11.8 Å². The largest absolute Gasteiger partial charge is 0.454 e. The number of carbonyl (C=O) groups excluding carboxylic acids is 3. The molecule has 1 atom stereocenters. The van der Waals surface area contributed by atoms with Crippen LogP contribution in [0.25, 0.3) is 0 Å². The molecule has 1 unspecified atom stereocenters. The number of benzene rings is 2. The molecule has 0 saturated carbocycles. The Morgan fingerprint density at radius 3 is 2.42 bits per heavy atom. The zero-order valence-electron chi connectivity index (χ0n) is 20.6. The summed E-state index contributed by atoms with van der Waals surface area (Å²) in [6.07, 6.45) is 0.825. The van der Waals surface area contributed by atoms with E-state index in [0.717, 1.165) is 0 Å². The monoisotopic (exact) mass is 493 g/mol. The number of fused-ring (bicyclic) bond motifs is 1. The lowest BCUT2D eigenvalue weighted by molar-refractivity contribution is -0.128. The third-order valence-electron chi connectivity index (χ3n) is 6.94. The van der Waals surface area contributed by atoms with E-state index >= 15 is 0 Å². The minimum Gasteiger partial charge on any atom is -0.454 e. The van der Waals surface area contributed by atoms with E-state index in [1.165, 1.54) is 0 Å². The first-order chi connectivity index (χ1) is 17.4. The number of hydrogen-bond donors (Lipinski definition) is 1. The summed E-state index contributed by atoms with van der Waals surface area (Å²) in [5.41, 5.74) is 0.0758. The highest BCUT2D eigenvalue weighted by Crippen LogP contribution is 2.39. The van der Waals surface area contributed by atoms with Crippen LogP contribution in [-0.4, -0.2) is 72.3 Å². The van der Waals surface area contributed by atoms with Crippen LogP contribution in [0.5, 0.6) is 11.5 Å². The number of nitrogens with zero attached hydrogens (tertiary/aromatic N) is 2. The number of likely N-dealkylation sites (tertiary alicyclic amines) is 1. The Morgan fingerprint density at radius 2 is 1.69 bits per heavy atom. The van der Waals surface area contributed by atoms with Crippen molar-refractivity contribution in [3.05, 3.63) is 59.7 Å². The number of hydrogen-bond acceptors (Lipinski definition) is 6. The van der Waals surface area contributed by atoms with Gasteiger partial charge < -0.3 is 24.4 Å². The third kappa shape index (κ3) is 4.51. The summed E-state index contributed by atoms with van der Waals surface area (Å²) in [5, 5.41) is 2.95. The molecule has 2 saturated heterocycles. The molecule has 3 amide bonds. The van der Waals surface area contributed by atoms with Gasteiger partial charge in [-0.25, -0.2) is 0 Å². The van der Waals surface area contributed by atoms with Crippen molar-refractivity contribution in [2.75, 3.05) is 33.0 Å². The van der Waals surface area contributed by atoms with Crippen molar-refractivity contribution >= 4 is 17.7 Å². The van der Waals surface area contributed by atoms with Gasteiger partial charge in [-0.05, 0) is 36.2 Å². The van der Waals surface area contributed by atoms with E-state index in [2.05, 4.69) is 5.32 Å². The van der Waals surface area contributed by atoms with Gasteiger partial charge in [0.1, 0.15) is 11.8 Å². The minimum atomic E-state index is -0.946. The van der Waals surface area contributed by atoms with Gasteiger partial charge in [0, 0.05) is 43.6 Å². The lowest BCUT2D eigenvalue weighted by Crippen LogP contribution is -2.60. The number of carbonyl (C=O) groups is 3. The zero-order valence-corrected chi connectivity index (χ0v) is 20.6. The van der Waals surface area contributed by atoms with Crippen LogP contribution in [0.1, 0.15) is 47.4 Å². The molecule has 9 heteroatoms. The first kappa shape index (κ1) is 24.1. The summed E-state index contributed by atoms with van der Waals surface area (Å²) in [7, 11) is 0. The molecule has 36 heavy (non-hydrogen) atoms. The SMILES string of the molecule is CC(C)CNC(=O)C1COC2(CCN(C(=O)c3ccc4c(c3)OCO4)CC2)N1C(=O)c1ccccc1. The molecular formula is C27H31N3O6. The molecule has 190 valence electrons. The van der Waals surface area contributed by atoms with Crippen molar-refractivity contribution in [2.24, 2.45) is 5.92 Å². The van der Waals surface area contributed by atoms with E-state index in [9.17, 15) is 14.4 Å². The molecule has 2 fully saturated rings. The normalized spacial score (nSPS) is 20.1.